The molecule has 10 aromatic rings. The first kappa shape index (κ1) is 31.8. The van der Waals surface area contributed by atoms with E-state index in [9.17, 15) is 0 Å². The fourth-order valence-electron chi connectivity index (χ4n) is 8.56. The number of hydrogen-bond donors (Lipinski definition) is 0. The van der Waals surface area contributed by atoms with E-state index in [1.807, 2.05) is 23.5 Å². The molecule has 0 aliphatic heterocycles. The number of benzene rings is 7. The Kier molecular flexibility index (Phi) is 7.04. The zero-order valence-electron chi connectivity index (χ0n) is 30.4. The summed E-state index contributed by atoms with van der Waals surface area (Å²) in [5.41, 5.74) is 14.0. The molecule has 0 N–H and O–H groups in total. The van der Waals surface area contributed by atoms with Gasteiger partial charge in [0.2, 0.25) is 0 Å². The molecule has 11 rings (SSSR count). The minimum atomic E-state index is -0.262. The van der Waals surface area contributed by atoms with Crippen LogP contribution in [0.1, 0.15) is 25.0 Å². The van der Waals surface area contributed by atoms with E-state index in [0.29, 0.717) is 5.82 Å². The summed E-state index contributed by atoms with van der Waals surface area (Å²) < 4.78 is 4.87. The molecular weight excluding hydrogens is 689 g/mol. The van der Waals surface area contributed by atoms with Crippen LogP contribution in [0.25, 0.3) is 93.3 Å². The van der Waals surface area contributed by atoms with Gasteiger partial charge in [-0.25, -0.2) is 15.0 Å². The number of nitrogens with zero attached hydrogens (tertiary/aromatic N) is 4. The summed E-state index contributed by atoms with van der Waals surface area (Å²) in [6.07, 6.45) is 0. The molecule has 55 heavy (non-hydrogen) atoms. The van der Waals surface area contributed by atoms with Gasteiger partial charge in [-0.15, -0.1) is 11.3 Å². The van der Waals surface area contributed by atoms with Crippen LogP contribution in [0.4, 0.5) is 0 Å². The van der Waals surface area contributed by atoms with Crippen LogP contribution in [0, 0.1) is 0 Å². The monoisotopic (exact) mass is 722 g/mol. The third-order valence-electron chi connectivity index (χ3n) is 11.2. The van der Waals surface area contributed by atoms with Crippen molar-refractivity contribution in [3.05, 3.63) is 181 Å². The Labute approximate surface area is 323 Å². The summed E-state index contributed by atoms with van der Waals surface area (Å²) in [4.78, 5) is 15.8. The van der Waals surface area contributed by atoms with Gasteiger partial charge in [0.25, 0.3) is 0 Å². The lowest BCUT2D eigenvalue weighted by Gasteiger charge is -2.24. The van der Waals surface area contributed by atoms with Crippen LogP contribution in [0.3, 0.4) is 0 Å². The molecule has 0 bridgehead atoms. The summed E-state index contributed by atoms with van der Waals surface area (Å²) in [7, 11) is 0. The number of rotatable bonds is 5. The summed E-state index contributed by atoms with van der Waals surface area (Å²) in [6, 6.07) is 60.3. The molecule has 7 aromatic carbocycles. The highest BCUT2D eigenvalue weighted by Crippen LogP contribution is 2.51. The van der Waals surface area contributed by atoms with E-state index < -0.39 is 0 Å². The Bertz CT molecular complexity index is 3100. The van der Waals surface area contributed by atoms with E-state index in [0.717, 1.165) is 50.6 Å². The maximum Gasteiger partial charge on any atom is 0.160 e. The molecule has 0 spiro atoms. The predicted octanol–water partition coefficient (Wildman–Crippen LogP) is 13.2. The summed E-state index contributed by atoms with van der Waals surface area (Å²) in [6.45, 7) is 4.60. The molecule has 0 radical (unpaired) electrons. The van der Waals surface area contributed by atoms with Gasteiger partial charge in [-0.2, -0.15) is 0 Å². The number of thiophene rings is 1. The molecule has 0 atom stereocenters. The second kappa shape index (κ2) is 12.2. The van der Waals surface area contributed by atoms with Crippen LogP contribution in [-0.4, -0.2) is 19.5 Å². The lowest BCUT2D eigenvalue weighted by Crippen LogP contribution is -2.17. The Morgan fingerprint density at radius 1 is 0.491 bits per heavy atom. The van der Waals surface area contributed by atoms with Crippen molar-refractivity contribution >= 4 is 42.5 Å². The van der Waals surface area contributed by atoms with Crippen molar-refractivity contribution in [2.45, 2.75) is 19.3 Å². The van der Waals surface area contributed by atoms with Gasteiger partial charge in [0, 0.05) is 59.1 Å². The number of fused-ring (bicyclic) bond motifs is 7. The fourth-order valence-corrected chi connectivity index (χ4v) is 9.80. The minimum Gasteiger partial charge on any atom is -0.292 e. The minimum absolute atomic E-state index is 0.262. The number of para-hydroxylation sites is 3. The molecule has 1 aliphatic carbocycles. The van der Waals surface area contributed by atoms with Crippen molar-refractivity contribution in [1.82, 2.24) is 19.5 Å². The second-order valence-electron chi connectivity index (χ2n) is 14.8. The van der Waals surface area contributed by atoms with E-state index in [2.05, 4.69) is 176 Å². The van der Waals surface area contributed by atoms with E-state index in [4.69, 9.17) is 15.0 Å². The molecule has 260 valence electrons. The van der Waals surface area contributed by atoms with Crippen molar-refractivity contribution in [1.29, 1.82) is 0 Å². The van der Waals surface area contributed by atoms with Crippen LogP contribution in [0.2, 0.25) is 0 Å². The largest absolute Gasteiger partial charge is 0.292 e. The van der Waals surface area contributed by atoms with Crippen molar-refractivity contribution < 1.29 is 0 Å². The van der Waals surface area contributed by atoms with E-state index in [1.165, 1.54) is 48.0 Å². The maximum absolute atomic E-state index is 5.42. The van der Waals surface area contributed by atoms with Gasteiger partial charge in [0.05, 0.1) is 22.4 Å². The number of aromatic nitrogens is 4. The van der Waals surface area contributed by atoms with Crippen LogP contribution >= 0.6 is 11.3 Å². The average molecular weight is 723 g/mol. The predicted molar refractivity (Wildman–Crippen MR) is 229 cm³/mol. The van der Waals surface area contributed by atoms with Gasteiger partial charge in [0.1, 0.15) is 5.82 Å². The highest BCUT2D eigenvalue weighted by molar-refractivity contribution is 7.26. The molecule has 5 heteroatoms. The Morgan fingerprint density at radius 2 is 1.13 bits per heavy atom. The standard InChI is InChI=1S/C50H34N4S/c1-50(2)40-19-8-6-16-39(40)46-44(50)45(32-25-23-31(24-26-32)36-17-12-18-38-37-15-7-11-22-43(37)55-47(36)38)52-48(53-46)33-27-29-34(30-28-33)49-51-41-20-9-10-21-42(41)54(49)35-13-4-3-5-14-35/h3-30H,1-2H3. The van der Waals surface area contributed by atoms with Gasteiger partial charge < -0.3 is 0 Å². The SMILES string of the molecule is CC1(C)c2ccccc2-c2nc(-c3ccc(-c4nc5ccccc5n4-c4ccccc4)cc3)nc(-c3ccc(-c4cccc5c4sc4ccccc45)cc3)c21. The lowest BCUT2D eigenvalue weighted by molar-refractivity contribution is 0.658. The Morgan fingerprint density at radius 3 is 1.98 bits per heavy atom. The molecule has 0 saturated carbocycles. The second-order valence-corrected chi connectivity index (χ2v) is 15.9. The summed E-state index contributed by atoms with van der Waals surface area (Å²) in [5.74, 6) is 1.61. The molecule has 0 saturated heterocycles. The molecular formula is C50H34N4S. The van der Waals surface area contributed by atoms with Crippen LogP contribution in [0.15, 0.2) is 170 Å². The highest BCUT2D eigenvalue weighted by Gasteiger charge is 2.40. The molecule has 0 unspecified atom stereocenters. The first-order valence-corrected chi connectivity index (χ1v) is 19.5. The molecule has 3 heterocycles. The third-order valence-corrected chi connectivity index (χ3v) is 12.5. The Balaban J connectivity index is 1.04. The van der Waals surface area contributed by atoms with Crippen LogP contribution < -0.4 is 0 Å². The molecule has 0 amide bonds. The van der Waals surface area contributed by atoms with Gasteiger partial charge in [-0.3, -0.25) is 4.57 Å². The normalized spacial score (nSPS) is 13.1. The van der Waals surface area contributed by atoms with E-state index in [1.54, 1.807) is 0 Å². The number of hydrogen-bond acceptors (Lipinski definition) is 4. The first-order chi connectivity index (χ1) is 27.0. The van der Waals surface area contributed by atoms with Crippen LogP contribution in [0.5, 0.6) is 0 Å². The maximum atomic E-state index is 5.42. The van der Waals surface area contributed by atoms with Crippen LogP contribution in [-0.2, 0) is 5.41 Å². The highest BCUT2D eigenvalue weighted by atomic mass is 32.1. The lowest BCUT2D eigenvalue weighted by atomic mass is 9.80. The molecule has 3 aromatic heterocycles. The van der Waals surface area contributed by atoms with Crippen molar-refractivity contribution in [3.63, 3.8) is 0 Å². The topological polar surface area (TPSA) is 43.6 Å². The zero-order chi connectivity index (χ0) is 36.7. The van der Waals surface area contributed by atoms with Gasteiger partial charge in [0.15, 0.2) is 5.82 Å². The molecule has 4 nitrogen and oxygen atoms in total. The summed E-state index contributed by atoms with van der Waals surface area (Å²) in [5, 5.41) is 2.62. The Hall–Kier alpha value is -6.69. The summed E-state index contributed by atoms with van der Waals surface area (Å²) >= 11 is 1.87. The smallest absolute Gasteiger partial charge is 0.160 e. The first-order valence-electron chi connectivity index (χ1n) is 18.7. The number of imidazole rings is 1. The quantitative estimate of drug-likeness (QED) is 0.178. The van der Waals surface area contributed by atoms with Gasteiger partial charge in [-0.05, 0) is 47.0 Å². The average Bonchev–Trinajstić information content (AvgIpc) is 3.89. The van der Waals surface area contributed by atoms with Gasteiger partial charge >= 0.3 is 0 Å². The third kappa shape index (κ3) is 4.93. The van der Waals surface area contributed by atoms with Crippen molar-refractivity contribution in [2.24, 2.45) is 0 Å². The van der Waals surface area contributed by atoms with E-state index >= 15 is 0 Å². The zero-order valence-corrected chi connectivity index (χ0v) is 31.2. The van der Waals surface area contributed by atoms with Crippen molar-refractivity contribution in [3.8, 4) is 62.1 Å². The fraction of sp³-hybridized carbons (Fsp3) is 0.0600. The molecule has 1 aliphatic rings. The molecule has 0 fully saturated rings. The van der Waals surface area contributed by atoms with Crippen molar-refractivity contribution in [2.75, 3.05) is 0 Å². The van der Waals surface area contributed by atoms with E-state index in [-0.39, 0.29) is 5.41 Å². The van der Waals surface area contributed by atoms with Gasteiger partial charge in [-0.1, -0.05) is 153 Å².